The number of hydrogen-bond donors (Lipinski definition) is 5. The highest BCUT2D eigenvalue weighted by Crippen LogP contribution is 2.19. The van der Waals surface area contributed by atoms with Crippen molar-refractivity contribution in [1.82, 2.24) is 21.3 Å². The van der Waals surface area contributed by atoms with Gasteiger partial charge in [0.1, 0.15) is 24.1 Å². The summed E-state index contributed by atoms with van der Waals surface area (Å²) < 4.78 is 6.13. The molecule has 38 heavy (non-hydrogen) atoms. The number of aryl methyl sites for hydroxylation is 1. The van der Waals surface area contributed by atoms with Gasteiger partial charge in [0.2, 0.25) is 11.8 Å². The van der Waals surface area contributed by atoms with Gasteiger partial charge in [0, 0.05) is 25.7 Å². The van der Waals surface area contributed by atoms with E-state index in [9.17, 15) is 14.7 Å². The van der Waals surface area contributed by atoms with Crippen molar-refractivity contribution in [3.8, 4) is 11.5 Å². The van der Waals surface area contributed by atoms with E-state index in [0.29, 0.717) is 32.7 Å². The lowest BCUT2D eigenvalue weighted by Crippen LogP contribution is -2.56. The van der Waals surface area contributed by atoms with Crippen molar-refractivity contribution in [2.24, 2.45) is 5.92 Å². The highest BCUT2D eigenvalue weighted by Gasteiger charge is 2.27. The highest BCUT2D eigenvalue weighted by atomic mass is 16.5. The van der Waals surface area contributed by atoms with Gasteiger partial charge in [-0.3, -0.25) is 9.59 Å². The van der Waals surface area contributed by atoms with Crippen LogP contribution in [0.2, 0.25) is 0 Å². The molecule has 0 saturated heterocycles. The number of phenols is 1. The Bertz CT molecular complexity index is 1010. The monoisotopic (exact) mass is 524 g/mol. The SMILES string of the molecule is CCC[C@@H]1NC(=O)[C@@H](C(C)C)NC[C@@H](Cc2ccc(O)cc2)NCCOc2ccccc2CCCNC1=O. The van der Waals surface area contributed by atoms with Gasteiger partial charge in [0.05, 0.1) is 6.04 Å². The Kier molecular flexibility index (Phi) is 11.9. The van der Waals surface area contributed by atoms with Gasteiger partial charge in [0.15, 0.2) is 0 Å². The Morgan fingerprint density at radius 3 is 2.50 bits per heavy atom. The van der Waals surface area contributed by atoms with E-state index in [0.717, 1.165) is 42.6 Å². The third-order valence-electron chi connectivity index (χ3n) is 6.85. The average Bonchev–Trinajstić information content (AvgIpc) is 2.89. The summed E-state index contributed by atoms with van der Waals surface area (Å²) in [6, 6.07) is 14.3. The maximum atomic E-state index is 13.3. The zero-order valence-corrected chi connectivity index (χ0v) is 23.0. The van der Waals surface area contributed by atoms with Gasteiger partial charge in [-0.1, -0.05) is 57.5 Å². The lowest BCUT2D eigenvalue weighted by Gasteiger charge is -2.28. The van der Waals surface area contributed by atoms with E-state index in [1.165, 1.54) is 0 Å². The number of amides is 2. The van der Waals surface area contributed by atoms with Crippen LogP contribution in [0.1, 0.15) is 51.2 Å². The number of hydrogen-bond acceptors (Lipinski definition) is 6. The molecule has 0 aliphatic carbocycles. The van der Waals surface area contributed by atoms with Crippen LogP contribution >= 0.6 is 0 Å². The topological polar surface area (TPSA) is 112 Å². The second kappa shape index (κ2) is 15.3. The van der Waals surface area contributed by atoms with E-state index in [1.807, 2.05) is 51.1 Å². The minimum Gasteiger partial charge on any atom is -0.508 e. The van der Waals surface area contributed by atoms with Gasteiger partial charge >= 0.3 is 0 Å². The number of nitrogens with one attached hydrogen (secondary N) is 4. The van der Waals surface area contributed by atoms with Crippen molar-refractivity contribution in [2.75, 3.05) is 26.2 Å². The quantitative estimate of drug-likeness (QED) is 0.411. The minimum atomic E-state index is -0.559. The first-order valence-electron chi connectivity index (χ1n) is 13.9. The number of ether oxygens (including phenoxy) is 1. The van der Waals surface area contributed by atoms with E-state index >= 15 is 0 Å². The molecule has 0 radical (unpaired) electrons. The largest absolute Gasteiger partial charge is 0.508 e. The van der Waals surface area contributed by atoms with Crippen molar-refractivity contribution < 1.29 is 19.4 Å². The zero-order valence-electron chi connectivity index (χ0n) is 23.0. The number of benzene rings is 2. The Morgan fingerprint density at radius 1 is 1.00 bits per heavy atom. The van der Waals surface area contributed by atoms with E-state index < -0.39 is 12.1 Å². The van der Waals surface area contributed by atoms with Crippen molar-refractivity contribution >= 4 is 11.8 Å². The predicted molar refractivity (Wildman–Crippen MR) is 150 cm³/mol. The molecule has 208 valence electrons. The maximum absolute atomic E-state index is 13.3. The summed E-state index contributed by atoms with van der Waals surface area (Å²) in [7, 11) is 0. The average molecular weight is 525 g/mol. The fourth-order valence-electron chi connectivity index (χ4n) is 4.74. The smallest absolute Gasteiger partial charge is 0.242 e. The normalized spacial score (nSPS) is 22.4. The second-order valence-corrected chi connectivity index (χ2v) is 10.4. The van der Waals surface area contributed by atoms with Crippen LogP contribution in [0.25, 0.3) is 0 Å². The molecule has 8 nitrogen and oxygen atoms in total. The molecular weight excluding hydrogens is 480 g/mol. The molecule has 2 amide bonds. The lowest BCUT2D eigenvalue weighted by atomic mass is 10.0. The van der Waals surface area contributed by atoms with E-state index in [-0.39, 0.29) is 29.5 Å². The van der Waals surface area contributed by atoms with Gasteiger partial charge in [-0.25, -0.2) is 0 Å². The summed E-state index contributed by atoms with van der Waals surface area (Å²) >= 11 is 0. The third kappa shape index (κ3) is 9.33. The van der Waals surface area contributed by atoms with E-state index in [4.69, 9.17) is 4.74 Å². The Hall–Kier alpha value is -3.10. The van der Waals surface area contributed by atoms with Crippen LogP contribution in [0.4, 0.5) is 0 Å². The van der Waals surface area contributed by atoms with E-state index in [1.54, 1.807) is 12.1 Å². The molecule has 1 aliphatic rings. The molecule has 2 aromatic rings. The summed E-state index contributed by atoms with van der Waals surface area (Å²) in [6.07, 6.45) is 3.67. The number of rotatable bonds is 5. The molecule has 5 N–H and O–H groups in total. The van der Waals surface area contributed by atoms with Crippen molar-refractivity contribution in [2.45, 2.75) is 71.0 Å². The molecule has 0 aromatic heterocycles. The van der Waals surface area contributed by atoms with Crippen molar-refractivity contribution in [1.29, 1.82) is 0 Å². The first-order chi connectivity index (χ1) is 18.4. The van der Waals surface area contributed by atoms with Crippen LogP contribution in [-0.2, 0) is 22.4 Å². The van der Waals surface area contributed by atoms with Crippen LogP contribution in [0.5, 0.6) is 11.5 Å². The molecule has 1 aliphatic heterocycles. The molecule has 0 fully saturated rings. The van der Waals surface area contributed by atoms with E-state index in [2.05, 4.69) is 27.3 Å². The molecule has 0 bridgehead atoms. The first kappa shape index (κ1) is 29.5. The molecule has 8 heteroatoms. The summed E-state index contributed by atoms with van der Waals surface area (Å²) in [5.74, 6) is 0.848. The zero-order chi connectivity index (χ0) is 27.3. The highest BCUT2D eigenvalue weighted by molar-refractivity contribution is 5.89. The van der Waals surface area contributed by atoms with Crippen LogP contribution < -0.4 is 26.0 Å². The summed E-state index contributed by atoms with van der Waals surface area (Å²) in [4.78, 5) is 26.2. The minimum absolute atomic E-state index is 0.0288. The molecule has 0 saturated carbocycles. The summed E-state index contributed by atoms with van der Waals surface area (Å²) in [6.45, 7) is 8.27. The van der Waals surface area contributed by atoms with Gasteiger partial charge in [0.25, 0.3) is 0 Å². The Balaban J connectivity index is 1.79. The lowest BCUT2D eigenvalue weighted by molar-refractivity contribution is -0.130. The number of carbonyl (C=O) groups excluding carboxylic acids is 2. The summed E-state index contributed by atoms with van der Waals surface area (Å²) in [5.41, 5.74) is 2.20. The number of carbonyl (C=O) groups is 2. The molecule has 0 spiro atoms. The molecular formula is C30H44N4O4. The van der Waals surface area contributed by atoms with Crippen LogP contribution in [0.15, 0.2) is 48.5 Å². The third-order valence-corrected chi connectivity index (χ3v) is 6.85. The number of phenolic OH excluding ortho intramolecular Hbond substituents is 1. The number of para-hydroxylation sites is 1. The van der Waals surface area contributed by atoms with Crippen molar-refractivity contribution in [3.63, 3.8) is 0 Å². The first-order valence-corrected chi connectivity index (χ1v) is 13.9. The second-order valence-electron chi connectivity index (χ2n) is 10.4. The number of aromatic hydroxyl groups is 1. The fraction of sp³-hybridized carbons (Fsp3) is 0.533. The molecule has 0 unspecified atom stereocenters. The number of fused-ring (bicyclic) bond motifs is 1. The van der Waals surface area contributed by atoms with Gasteiger partial charge in [-0.2, -0.15) is 0 Å². The molecule has 1 heterocycles. The maximum Gasteiger partial charge on any atom is 0.242 e. The van der Waals surface area contributed by atoms with Gasteiger partial charge in [-0.05, 0) is 60.9 Å². The van der Waals surface area contributed by atoms with Gasteiger partial charge < -0.3 is 31.1 Å². The molecule has 3 atom stereocenters. The van der Waals surface area contributed by atoms with Crippen molar-refractivity contribution in [3.05, 3.63) is 59.7 Å². The van der Waals surface area contributed by atoms with Gasteiger partial charge in [-0.15, -0.1) is 0 Å². The predicted octanol–water partition coefficient (Wildman–Crippen LogP) is 2.93. The Morgan fingerprint density at radius 2 is 1.76 bits per heavy atom. The summed E-state index contributed by atoms with van der Waals surface area (Å²) in [5, 5.41) is 22.7. The fourth-order valence-corrected chi connectivity index (χ4v) is 4.74. The standard InChI is InChI=1S/C30H44N4O4/c1-4-8-26-29(36)32-16-7-10-23-9-5-6-11-27(23)38-18-17-31-24(19-22-12-14-25(35)15-13-22)20-33-28(21(2)3)30(37)34-26/h5-6,9,11-15,21,24,26,28,31,33,35H,4,7-8,10,16-20H2,1-3H3,(H,32,36)(H,34,37)/t24-,26+,28-/m1/s1. The molecule has 3 rings (SSSR count). The van der Waals surface area contributed by atoms with Crippen LogP contribution in [-0.4, -0.2) is 61.3 Å². The van der Waals surface area contributed by atoms with Crippen LogP contribution in [0, 0.1) is 5.92 Å². The Labute approximate surface area is 226 Å². The van der Waals surface area contributed by atoms with Crippen LogP contribution in [0.3, 0.4) is 0 Å². The molecule has 2 aromatic carbocycles.